The van der Waals surface area contributed by atoms with Crippen molar-refractivity contribution in [2.75, 3.05) is 38.5 Å². The number of primary amides is 1. The monoisotopic (exact) mass is 617 g/mol. The van der Waals surface area contributed by atoms with E-state index < -0.39 is 5.91 Å². The van der Waals surface area contributed by atoms with Crippen molar-refractivity contribution in [1.29, 1.82) is 0 Å². The third kappa shape index (κ3) is 5.96. The Morgan fingerprint density at radius 3 is 2.48 bits per heavy atom. The summed E-state index contributed by atoms with van der Waals surface area (Å²) in [7, 11) is 2.05. The van der Waals surface area contributed by atoms with Crippen molar-refractivity contribution >= 4 is 45.2 Å². The second-order valence-corrected chi connectivity index (χ2v) is 11.9. The van der Waals surface area contributed by atoms with Crippen LogP contribution in [0.3, 0.4) is 0 Å². The highest BCUT2D eigenvalue weighted by atomic mass is 16.2. The molecule has 1 fully saturated rings. The molecule has 0 radical (unpaired) electrons. The Hall–Kier alpha value is -5.06. The van der Waals surface area contributed by atoms with Crippen LogP contribution in [0.15, 0.2) is 66.9 Å². The summed E-state index contributed by atoms with van der Waals surface area (Å²) in [6.45, 7) is 5.30. The molecule has 0 atom stereocenters. The van der Waals surface area contributed by atoms with Gasteiger partial charge in [-0.15, -0.1) is 0 Å². The highest BCUT2D eigenvalue weighted by molar-refractivity contribution is 6.20. The zero-order valence-corrected chi connectivity index (χ0v) is 26.2. The first-order valence-electron chi connectivity index (χ1n) is 15.7. The van der Waals surface area contributed by atoms with E-state index in [9.17, 15) is 14.4 Å². The Bertz CT molecular complexity index is 1940. The van der Waals surface area contributed by atoms with E-state index in [2.05, 4.69) is 34.2 Å². The van der Waals surface area contributed by atoms with E-state index in [-0.39, 0.29) is 18.4 Å². The number of carbonyl (C=O) groups excluding carboxylic acids is 3. The van der Waals surface area contributed by atoms with Crippen LogP contribution in [0.4, 0.5) is 5.69 Å². The smallest absolute Gasteiger partial charge is 0.274 e. The van der Waals surface area contributed by atoms with Crippen LogP contribution in [0.25, 0.3) is 32.9 Å². The van der Waals surface area contributed by atoms with Gasteiger partial charge in [0, 0.05) is 66.5 Å². The first-order valence-corrected chi connectivity index (χ1v) is 15.7. The number of aromatic nitrogens is 2. The van der Waals surface area contributed by atoms with E-state index in [4.69, 9.17) is 11.5 Å². The molecular weight excluding hydrogens is 578 g/mol. The topological polar surface area (TPSA) is 150 Å². The number of aromatic amines is 1. The molecule has 3 amide bonds. The second-order valence-electron chi connectivity index (χ2n) is 11.9. The van der Waals surface area contributed by atoms with Crippen LogP contribution in [0.5, 0.6) is 0 Å². The standard InChI is InChI=1S/C36H39N7O3/c1-3-4-6-22-9-14-30(39-21-22)35(45)41-29-8-5-7-24(28(29)20-37)25-12-13-27(34(38)44)33-32(25)26-11-10-23(19-31(26)40-33)36(46)43-17-15-42(2)16-18-43/h5,7-14,19,21,40H,3-4,6,15-18,20,37H2,1-2H3,(H2,38,44)(H,41,45). The maximum absolute atomic E-state index is 13.4. The molecule has 1 aliphatic rings. The minimum Gasteiger partial charge on any atom is -0.366 e. The molecule has 236 valence electrons. The predicted molar refractivity (Wildman–Crippen MR) is 182 cm³/mol. The second kappa shape index (κ2) is 13.1. The number of hydrogen-bond donors (Lipinski definition) is 4. The van der Waals surface area contributed by atoms with Gasteiger partial charge in [0.25, 0.3) is 17.7 Å². The summed E-state index contributed by atoms with van der Waals surface area (Å²) in [5.41, 5.74) is 18.7. The number of unbranched alkanes of at least 4 members (excludes halogenated alkanes) is 1. The van der Waals surface area contributed by atoms with Crippen LogP contribution < -0.4 is 16.8 Å². The molecule has 0 spiro atoms. The lowest BCUT2D eigenvalue weighted by molar-refractivity contribution is 0.0664. The van der Waals surface area contributed by atoms with Crippen molar-refractivity contribution in [1.82, 2.24) is 19.8 Å². The van der Waals surface area contributed by atoms with Crippen molar-refractivity contribution in [3.05, 3.63) is 94.8 Å². The number of anilines is 1. The van der Waals surface area contributed by atoms with Crippen LogP contribution in [-0.2, 0) is 13.0 Å². The van der Waals surface area contributed by atoms with Crippen LogP contribution in [0.2, 0.25) is 0 Å². The molecule has 5 aromatic rings. The lowest BCUT2D eigenvalue weighted by Gasteiger charge is -2.32. The Balaban J connectivity index is 1.39. The van der Waals surface area contributed by atoms with E-state index >= 15 is 0 Å². The molecule has 3 aromatic carbocycles. The Kier molecular flexibility index (Phi) is 8.83. The fourth-order valence-electron chi connectivity index (χ4n) is 6.22. The number of fused-ring (bicyclic) bond motifs is 3. The number of piperazine rings is 1. The van der Waals surface area contributed by atoms with Gasteiger partial charge in [0.05, 0.1) is 11.1 Å². The molecule has 10 nitrogen and oxygen atoms in total. The number of amides is 3. The minimum absolute atomic E-state index is 0.0250. The molecule has 6 N–H and O–H groups in total. The van der Waals surface area contributed by atoms with Gasteiger partial charge in [-0.05, 0) is 72.5 Å². The average molecular weight is 618 g/mol. The molecule has 2 aromatic heterocycles. The quantitative estimate of drug-likeness (QED) is 0.184. The molecule has 46 heavy (non-hydrogen) atoms. The molecule has 0 bridgehead atoms. The summed E-state index contributed by atoms with van der Waals surface area (Å²) in [6, 6.07) is 18.4. The molecule has 1 aliphatic heterocycles. The molecule has 10 heteroatoms. The fourth-order valence-corrected chi connectivity index (χ4v) is 6.22. The maximum atomic E-state index is 13.4. The molecule has 6 rings (SSSR count). The van der Waals surface area contributed by atoms with Crippen molar-refractivity contribution in [2.24, 2.45) is 11.5 Å². The third-order valence-corrected chi connectivity index (χ3v) is 8.85. The number of benzene rings is 3. The van der Waals surface area contributed by atoms with Crippen molar-refractivity contribution < 1.29 is 14.4 Å². The first-order chi connectivity index (χ1) is 22.3. The van der Waals surface area contributed by atoms with Gasteiger partial charge < -0.3 is 31.6 Å². The molecular formula is C36H39N7O3. The number of likely N-dealkylation sites (N-methyl/N-ethyl adjacent to an activating group) is 1. The normalized spacial score (nSPS) is 13.8. The van der Waals surface area contributed by atoms with Crippen LogP contribution in [-0.4, -0.2) is 70.7 Å². The number of aryl methyl sites for hydroxylation is 1. The number of nitrogens with one attached hydrogen (secondary N) is 2. The van der Waals surface area contributed by atoms with Crippen molar-refractivity contribution in [3.8, 4) is 11.1 Å². The van der Waals surface area contributed by atoms with E-state index in [1.54, 1.807) is 18.3 Å². The minimum atomic E-state index is -0.565. The summed E-state index contributed by atoms with van der Waals surface area (Å²) in [5, 5.41) is 4.63. The van der Waals surface area contributed by atoms with Crippen LogP contribution in [0.1, 0.15) is 62.1 Å². The number of pyridine rings is 1. The fraction of sp³-hybridized carbons (Fsp3) is 0.278. The Morgan fingerprint density at radius 2 is 1.78 bits per heavy atom. The van der Waals surface area contributed by atoms with E-state index in [1.165, 1.54) is 0 Å². The number of carbonyl (C=O) groups is 3. The number of nitrogens with zero attached hydrogens (tertiary/aromatic N) is 3. The zero-order valence-electron chi connectivity index (χ0n) is 26.2. The third-order valence-electron chi connectivity index (χ3n) is 8.85. The van der Waals surface area contributed by atoms with E-state index in [1.807, 2.05) is 53.4 Å². The largest absolute Gasteiger partial charge is 0.366 e. The van der Waals surface area contributed by atoms with E-state index in [0.29, 0.717) is 41.1 Å². The molecule has 0 aliphatic carbocycles. The van der Waals surface area contributed by atoms with Gasteiger partial charge in [0.1, 0.15) is 5.69 Å². The SMILES string of the molecule is CCCCc1ccc(C(=O)Nc2cccc(-c3ccc(C(N)=O)c4[nH]c5cc(C(=O)N6CCN(C)CC6)ccc5c34)c2CN)nc1. The van der Waals surface area contributed by atoms with Gasteiger partial charge in [-0.1, -0.05) is 43.7 Å². The zero-order chi connectivity index (χ0) is 32.4. The van der Waals surface area contributed by atoms with Gasteiger partial charge in [-0.3, -0.25) is 19.4 Å². The number of rotatable bonds is 9. The highest BCUT2D eigenvalue weighted by Gasteiger charge is 2.23. The number of H-pyrrole nitrogens is 1. The van der Waals surface area contributed by atoms with Crippen molar-refractivity contribution in [3.63, 3.8) is 0 Å². The van der Waals surface area contributed by atoms with Crippen molar-refractivity contribution in [2.45, 2.75) is 32.7 Å². The van der Waals surface area contributed by atoms with Gasteiger partial charge in [0.2, 0.25) is 0 Å². The lowest BCUT2D eigenvalue weighted by Crippen LogP contribution is -2.47. The summed E-state index contributed by atoms with van der Waals surface area (Å²) < 4.78 is 0. The van der Waals surface area contributed by atoms with Gasteiger partial charge in [-0.2, -0.15) is 0 Å². The Labute approximate surface area is 267 Å². The van der Waals surface area contributed by atoms with Gasteiger partial charge >= 0.3 is 0 Å². The molecule has 1 saturated heterocycles. The highest BCUT2D eigenvalue weighted by Crippen LogP contribution is 2.39. The summed E-state index contributed by atoms with van der Waals surface area (Å²) in [4.78, 5) is 51.0. The van der Waals surface area contributed by atoms with Gasteiger partial charge in [-0.25, -0.2) is 0 Å². The van der Waals surface area contributed by atoms with Crippen LogP contribution in [0, 0.1) is 0 Å². The Morgan fingerprint density at radius 1 is 0.978 bits per heavy atom. The van der Waals surface area contributed by atoms with E-state index in [0.717, 1.165) is 70.9 Å². The summed E-state index contributed by atoms with van der Waals surface area (Å²) in [6.07, 6.45) is 4.84. The predicted octanol–water partition coefficient (Wildman–Crippen LogP) is 4.92. The summed E-state index contributed by atoms with van der Waals surface area (Å²) >= 11 is 0. The molecule has 0 saturated carbocycles. The molecule has 3 heterocycles. The summed E-state index contributed by atoms with van der Waals surface area (Å²) in [5.74, 6) is -0.916. The van der Waals surface area contributed by atoms with Crippen LogP contribution >= 0.6 is 0 Å². The molecule has 0 unspecified atom stereocenters. The lowest BCUT2D eigenvalue weighted by atomic mass is 9.92. The maximum Gasteiger partial charge on any atom is 0.274 e. The average Bonchev–Trinajstić information content (AvgIpc) is 3.46. The number of hydrogen-bond acceptors (Lipinski definition) is 6. The van der Waals surface area contributed by atoms with Gasteiger partial charge in [0.15, 0.2) is 0 Å². The number of nitrogens with two attached hydrogens (primary N) is 2. The first kappa shape index (κ1) is 30.9.